The molecule has 0 amide bonds. The molecule has 29 heavy (non-hydrogen) atoms. The van der Waals surface area contributed by atoms with Crippen molar-refractivity contribution in [3.63, 3.8) is 0 Å². The number of rotatable bonds is 4. The number of aryl methyl sites for hydroxylation is 2. The van der Waals surface area contributed by atoms with Gasteiger partial charge in [0.1, 0.15) is 0 Å². The van der Waals surface area contributed by atoms with E-state index >= 15 is 0 Å². The van der Waals surface area contributed by atoms with E-state index in [9.17, 15) is 14.4 Å². The Morgan fingerprint density at radius 3 is 2.31 bits per heavy atom. The Morgan fingerprint density at radius 2 is 1.69 bits per heavy atom. The van der Waals surface area contributed by atoms with E-state index in [2.05, 4.69) is 15.2 Å². The van der Waals surface area contributed by atoms with Crippen LogP contribution in [0.25, 0.3) is 11.3 Å². The molecule has 1 saturated carbocycles. The summed E-state index contributed by atoms with van der Waals surface area (Å²) in [6.45, 7) is 0. The molecule has 4 rings (SSSR count). The lowest BCUT2D eigenvalue weighted by molar-refractivity contribution is 0.438. The third-order valence-electron chi connectivity index (χ3n) is 4.54. The van der Waals surface area contributed by atoms with Crippen LogP contribution in [0.3, 0.4) is 0 Å². The molecule has 150 valence electrons. The molecule has 1 aliphatic carbocycles. The summed E-state index contributed by atoms with van der Waals surface area (Å²) in [5, 5.41) is 8.28. The van der Waals surface area contributed by atoms with Crippen molar-refractivity contribution in [2.45, 2.75) is 18.8 Å². The van der Waals surface area contributed by atoms with Crippen LogP contribution in [-0.4, -0.2) is 24.5 Å². The minimum absolute atomic E-state index is 0.0151. The second-order valence-electron chi connectivity index (χ2n) is 6.74. The number of H-pyrrole nitrogens is 1. The predicted octanol–water partition coefficient (Wildman–Crippen LogP) is 2.21. The first-order valence-corrected chi connectivity index (χ1v) is 9.43. The number of hydrogen-bond acceptors (Lipinski definition) is 6. The molecule has 3 aromatic rings. The van der Waals surface area contributed by atoms with Crippen molar-refractivity contribution in [3.8, 4) is 22.9 Å². The van der Waals surface area contributed by atoms with Crippen LogP contribution in [0, 0.1) is 0 Å². The fourth-order valence-electron chi connectivity index (χ4n) is 2.91. The molecule has 1 fully saturated rings. The van der Waals surface area contributed by atoms with Crippen LogP contribution in [0.15, 0.2) is 32.6 Å². The van der Waals surface area contributed by atoms with Crippen molar-refractivity contribution in [2.24, 2.45) is 14.1 Å². The zero-order chi connectivity index (χ0) is 20.9. The van der Waals surface area contributed by atoms with E-state index in [1.165, 1.54) is 23.9 Å². The van der Waals surface area contributed by atoms with Gasteiger partial charge >= 0.3 is 5.69 Å². The molecule has 9 nitrogen and oxygen atoms in total. The van der Waals surface area contributed by atoms with Crippen LogP contribution >= 0.6 is 23.2 Å². The van der Waals surface area contributed by atoms with Crippen molar-refractivity contribution in [2.75, 3.05) is 0 Å². The summed E-state index contributed by atoms with van der Waals surface area (Å²) in [7, 11) is 2.95. The molecule has 0 bridgehead atoms. The topological polar surface area (TPSA) is 112 Å². The third-order valence-corrected chi connectivity index (χ3v) is 5.10. The number of aromatic nitrogens is 5. The highest BCUT2D eigenvalue weighted by Gasteiger charge is 2.28. The maximum atomic E-state index is 12.2. The number of nitrogens with zero attached hydrogens (tertiary/aromatic N) is 4. The van der Waals surface area contributed by atoms with Crippen LogP contribution in [0.1, 0.15) is 24.3 Å². The summed E-state index contributed by atoms with van der Waals surface area (Å²) in [5.41, 5.74) is -0.518. The lowest BCUT2D eigenvalue weighted by Crippen LogP contribution is -2.31. The Balaban J connectivity index is 1.74. The fourth-order valence-corrected chi connectivity index (χ4v) is 3.47. The largest absolute Gasteiger partial charge is 0.434 e. The molecular weight excluding hydrogens is 421 g/mol. The Hall–Kier alpha value is -2.91. The van der Waals surface area contributed by atoms with Gasteiger partial charge in [0.25, 0.3) is 11.1 Å². The number of hydrogen-bond donors (Lipinski definition) is 1. The minimum Gasteiger partial charge on any atom is -0.434 e. The molecule has 0 radical (unpaired) electrons. The molecule has 0 aliphatic heterocycles. The molecule has 11 heteroatoms. The fraction of sp³-hybridized carbons (Fsp3) is 0.278. The van der Waals surface area contributed by atoms with Gasteiger partial charge in [-0.3, -0.25) is 14.6 Å². The quantitative estimate of drug-likeness (QED) is 0.671. The van der Waals surface area contributed by atoms with Crippen LogP contribution < -0.4 is 21.5 Å². The zero-order valence-electron chi connectivity index (χ0n) is 15.4. The van der Waals surface area contributed by atoms with Crippen molar-refractivity contribution in [3.05, 3.63) is 65.0 Å². The summed E-state index contributed by atoms with van der Waals surface area (Å²) in [4.78, 5) is 37.9. The van der Waals surface area contributed by atoms with Gasteiger partial charge in [0, 0.05) is 31.3 Å². The number of benzene rings is 1. The van der Waals surface area contributed by atoms with Crippen LogP contribution in [0.2, 0.25) is 10.0 Å². The molecule has 1 aromatic carbocycles. The Labute approximate surface area is 173 Å². The van der Waals surface area contributed by atoms with Crippen molar-refractivity contribution in [1.29, 1.82) is 0 Å². The summed E-state index contributed by atoms with van der Waals surface area (Å²) in [5.74, 6) is 0.532. The Kier molecular flexibility index (Phi) is 4.79. The predicted molar refractivity (Wildman–Crippen MR) is 107 cm³/mol. The van der Waals surface area contributed by atoms with Gasteiger partial charge in [0.15, 0.2) is 11.4 Å². The van der Waals surface area contributed by atoms with Crippen LogP contribution in [-0.2, 0) is 14.1 Å². The van der Waals surface area contributed by atoms with E-state index in [0.717, 1.165) is 17.5 Å². The van der Waals surface area contributed by atoms with E-state index in [4.69, 9.17) is 27.9 Å². The van der Waals surface area contributed by atoms with E-state index in [1.807, 2.05) is 0 Å². The molecule has 2 aromatic heterocycles. The summed E-state index contributed by atoms with van der Waals surface area (Å²) < 4.78 is 7.97. The first-order chi connectivity index (χ1) is 13.7. The molecule has 1 N–H and O–H groups in total. The molecule has 1 aliphatic rings. The average Bonchev–Trinajstić information content (AvgIpc) is 3.49. The maximum absolute atomic E-state index is 12.2. The van der Waals surface area contributed by atoms with Crippen molar-refractivity contribution in [1.82, 2.24) is 24.5 Å². The van der Waals surface area contributed by atoms with Gasteiger partial charge in [0.05, 0.1) is 10.0 Å². The third kappa shape index (κ3) is 3.70. The highest BCUT2D eigenvalue weighted by Crippen LogP contribution is 2.41. The standard InChI is InChI=1S/C18H15Cl2N5O4/c1-24-17(27)10(8-3-4-8)7-13(22-24)29-15-11(19)5-9(6-12(15)20)14-16(26)21-18(28)25(2)23-14/h5-8H,3-4H2,1-2H3,(H,21,26,28). The first-order valence-electron chi connectivity index (χ1n) is 8.67. The second kappa shape index (κ2) is 7.16. The maximum Gasteiger partial charge on any atom is 0.344 e. The van der Waals surface area contributed by atoms with Gasteiger partial charge in [-0.1, -0.05) is 23.2 Å². The van der Waals surface area contributed by atoms with Gasteiger partial charge in [-0.15, -0.1) is 5.10 Å². The zero-order valence-corrected chi connectivity index (χ0v) is 16.9. The van der Waals surface area contributed by atoms with Gasteiger partial charge in [-0.05, 0) is 30.9 Å². The minimum atomic E-state index is -0.664. The Morgan fingerprint density at radius 1 is 1.03 bits per heavy atom. The van der Waals surface area contributed by atoms with Crippen LogP contribution in [0.5, 0.6) is 11.6 Å². The Bertz CT molecular complexity index is 1280. The molecular formula is C18H15Cl2N5O4. The molecule has 0 saturated heterocycles. The SMILES string of the molecule is Cn1nc(-c2cc(Cl)c(Oc3cc(C4CC4)c(=O)n(C)n3)c(Cl)c2)c(=O)[nH]c1=O. The number of halogens is 2. The summed E-state index contributed by atoms with van der Waals surface area (Å²) in [6, 6.07) is 4.50. The lowest BCUT2D eigenvalue weighted by atomic mass is 10.1. The smallest absolute Gasteiger partial charge is 0.344 e. The van der Waals surface area contributed by atoms with Crippen molar-refractivity contribution < 1.29 is 4.74 Å². The number of aromatic amines is 1. The molecule has 0 unspecified atom stereocenters. The van der Waals surface area contributed by atoms with E-state index in [0.29, 0.717) is 11.1 Å². The van der Waals surface area contributed by atoms with Crippen LogP contribution in [0.4, 0.5) is 0 Å². The van der Waals surface area contributed by atoms with E-state index in [1.54, 1.807) is 13.1 Å². The second-order valence-corrected chi connectivity index (χ2v) is 7.56. The molecule has 0 spiro atoms. The summed E-state index contributed by atoms with van der Waals surface area (Å²) in [6.07, 6.45) is 1.91. The highest BCUT2D eigenvalue weighted by atomic mass is 35.5. The number of nitrogens with one attached hydrogen (secondary N) is 1. The number of ether oxygens (including phenoxy) is 1. The normalized spacial score (nSPS) is 13.5. The van der Waals surface area contributed by atoms with Gasteiger partial charge in [0.2, 0.25) is 5.88 Å². The molecule has 0 atom stereocenters. The van der Waals surface area contributed by atoms with Gasteiger partial charge in [-0.25, -0.2) is 14.2 Å². The average molecular weight is 436 g/mol. The highest BCUT2D eigenvalue weighted by molar-refractivity contribution is 6.37. The van der Waals surface area contributed by atoms with Gasteiger partial charge in [-0.2, -0.15) is 5.10 Å². The first kappa shape index (κ1) is 19.4. The lowest BCUT2D eigenvalue weighted by Gasteiger charge is -2.12. The van der Waals surface area contributed by atoms with Crippen molar-refractivity contribution >= 4 is 23.2 Å². The van der Waals surface area contributed by atoms with Gasteiger partial charge < -0.3 is 4.74 Å². The van der Waals surface area contributed by atoms with E-state index in [-0.39, 0.29) is 38.8 Å². The monoisotopic (exact) mass is 435 g/mol. The molecule has 2 heterocycles. The van der Waals surface area contributed by atoms with E-state index < -0.39 is 11.2 Å². The summed E-state index contributed by atoms with van der Waals surface area (Å²) >= 11 is 12.7.